The first kappa shape index (κ1) is 23.6. The first-order chi connectivity index (χ1) is 13.7. The molecule has 0 aromatic heterocycles. The molecule has 6 nitrogen and oxygen atoms in total. The third-order valence-corrected chi connectivity index (χ3v) is 5.53. The lowest BCUT2D eigenvalue weighted by Crippen LogP contribution is -2.11. The summed E-state index contributed by atoms with van der Waals surface area (Å²) >= 11 is 0. The zero-order chi connectivity index (χ0) is 20.0. The maximum absolute atomic E-state index is 11.5. The molecule has 0 bridgehead atoms. The molecule has 2 rings (SSSR count). The van der Waals surface area contributed by atoms with E-state index < -0.39 is 0 Å². The maximum Gasteiger partial charge on any atom is 0.305 e. The van der Waals surface area contributed by atoms with Crippen molar-refractivity contribution in [3.8, 4) is 0 Å². The van der Waals surface area contributed by atoms with Crippen molar-refractivity contribution in [3.63, 3.8) is 0 Å². The van der Waals surface area contributed by atoms with E-state index in [-0.39, 0.29) is 25.8 Å². The van der Waals surface area contributed by atoms with Gasteiger partial charge in [0.15, 0.2) is 0 Å². The highest BCUT2D eigenvalue weighted by Gasteiger charge is 2.47. The molecule has 4 unspecified atom stereocenters. The van der Waals surface area contributed by atoms with Crippen LogP contribution < -0.4 is 0 Å². The van der Waals surface area contributed by atoms with Crippen LogP contribution in [-0.2, 0) is 23.7 Å². The Bertz CT molecular complexity index is 416. The smallest absolute Gasteiger partial charge is 0.305 e. The molecule has 2 aliphatic rings. The van der Waals surface area contributed by atoms with Crippen molar-refractivity contribution in [3.05, 3.63) is 0 Å². The Labute approximate surface area is 170 Å². The molecule has 2 heterocycles. The molecule has 0 radical (unpaired) electrons. The summed E-state index contributed by atoms with van der Waals surface area (Å²) in [7, 11) is 0. The summed E-state index contributed by atoms with van der Waals surface area (Å²) in [6.45, 7) is 3.14. The summed E-state index contributed by atoms with van der Waals surface area (Å²) in [5, 5.41) is 8.56. The fourth-order valence-electron chi connectivity index (χ4n) is 3.70. The third kappa shape index (κ3) is 10.7. The number of aliphatic hydroxyl groups is 1. The Balaban J connectivity index is 1.31. The predicted octanol–water partition coefficient (Wildman–Crippen LogP) is 3.77. The number of carbonyl (C=O) groups excluding carboxylic acids is 1. The molecule has 6 heteroatoms. The number of ether oxygens (including phenoxy) is 4. The van der Waals surface area contributed by atoms with Gasteiger partial charge in [-0.3, -0.25) is 4.79 Å². The molecule has 0 aromatic carbocycles. The lowest BCUT2D eigenvalue weighted by atomic mass is 10.0. The first-order valence-electron chi connectivity index (χ1n) is 11.4. The highest BCUT2D eigenvalue weighted by atomic mass is 16.6. The first-order valence-corrected chi connectivity index (χ1v) is 11.4. The van der Waals surface area contributed by atoms with E-state index in [1.807, 2.05) is 0 Å². The summed E-state index contributed by atoms with van der Waals surface area (Å²) in [5.41, 5.74) is 0. The van der Waals surface area contributed by atoms with Crippen molar-refractivity contribution in [2.75, 3.05) is 26.4 Å². The number of unbranched alkanes of at least 4 members (excludes halogenated alkanes) is 6. The normalized spacial score (nSPS) is 25.6. The van der Waals surface area contributed by atoms with Gasteiger partial charge in [0, 0.05) is 12.8 Å². The second kappa shape index (κ2) is 14.3. The Morgan fingerprint density at radius 2 is 1.46 bits per heavy atom. The molecule has 4 atom stereocenters. The van der Waals surface area contributed by atoms with Crippen LogP contribution in [0.25, 0.3) is 0 Å². The monoisotopic (exact) mass is 400 g/mol. The van der Waals surface area contributed by atoms with Gasteiger partial charge < -0.3 is 24.1 Å². The molecule has 2 aliphatic heterocycles. The second-order valence-electron chi connectivity index (χ2n) is 8.02. The minimum Gasteiger partial charge on any atom is -0.463 e. The van der Waals surface area contributed by atoms with E-state index in [0.717, 1.165) is 32.1 Å². The lowest BCUT2D eigenvalue weighted by molar-refractivity contribution is -0.145. The standard InChI is InChI=1S/C22H40O6/c1-2-3-7-10-18-20(27-18)17-21-19(28-21)11-8-5-4-6-9-12-22(24)26-16-15-25-14-13-23/h18-21,23H,2-17H2,1H3. The SMILES string of the molecule is CCCCCC1OC1CC1OC1CCCCCCCC(=O)OCCOCCO. The number of esters is 1. The van der Waals surface area contributed by atoms with Gasteiger partial charge in [0.2, 0.25) is 0 Å². The average molecular weight is 401 g/mol. The number of aliphatic hydroxyl groups excluding tert-OH is 1. The van der Waals surface area contributed by atoms with Gasteiger partial charge in [-0.15, -0.1) is 0 Å². The minimum atomic E-state index is -0.155. The Morgan fingerprint density at radius 3 is 2.14 bits per heavy atom. The zero-order valence-corrected chi connectivity index (χ0v) is 17.6. The van der Waals surface area contributed by atoms with Crippen molar-refractivity contribution in [1.29, 1.82) is 0 Å². The molecule has 1 N–H and O–H groups in total. The second-order valence-corrected chi connectivity index (χ2v) is 8.02. The predicted molar refractivity (Wildman–Crippen MR) is 107 cm³/mol. The van der Waals surface area contributed by atoms with Gasteiger partial charge >= 0.3 is 5.97 Å². The molecule has 164 valence electrons. The van der Waals surface area contributed by atoms with Crippen LogP contribution in [0.3, 0.4) is 0 Å². The molecule has 28 heavy (non-hydrogen) atoms. The van der Waals surface area contributed by atoms with Gasteiger partial charge in [0.1, 0.15) is 6.61 Å². The molecular formula is C22H40O6. The van der Waals surface area contributed by atoms with E-state index >= 15 is 0 Å². The van der Waals surface area contributed by atoms with E-state index in [4.69, 9.17) is 24.1 Å². The van der Waals surface area contributed by atoms with Crippen LogP contribution in [0, 0.1) is 0 Å². The quantitative estimate of drug-likeness (QED) is 0.202. The van der Waals surface area contributed by atoms with E-state index in [9.17, 15) is 4.79 Å². The van der Waals surface area contributed by atoms with Crippen LogP contribution in [0.15, 0.2) is 0 Å². The Kier molecular flexibility index (Phi) is 12.1. The Hall–Kier alpha value is -0.690. The van der Waals surface area contributed by atoms with Gasteiger partial charge in [-0.25, -0.2) is 0 Å². The van der Waals surface area contributed by atoms with E-state index in [1.54, 1.807) is 0 Å². The molecule has 0 aliphatic carbocycles. The van der Waals surface area contributed by atoms with E-state index in [0.29, 0.717) is 37.4 Å². The van der Waals surface area contributed by atoms with Gasteiger partial charge in [0.25, 0.3) is 0 Å². The third-order valence-electron chi connectivity index (χ3n) is 5.53. The van der Waals surface area contributed by atoms with Crippen LogP contribution in [0.4, 0.5) is 0 Å². The summed E-state index contributed by atoms with van der Waals surface area (Å²) in [6.07, 6.45) is 15.3. The average Bonchev–Trinajstić information content (AvgIpc) is 3.60. The molecule has 0 spiro atoms. The van der Waals surface area contributed by atoms with Crippen LogP contribution in [0.2, 0.25) is 0 Å². The fourth-order valence-corrected chi connectivity index (χ4v) is 3.70. The van der Waals surface area contributed by atoms with Crippen LogP contribution >= 0.6 is 0 Å². The maximum atomic E-state index is 11.5. The number of hydrogen-bond acceptors (Lipinski definition) is 6. The number of hydrogen-bond donors (Lipinski definition) is 1. The molecule has 0 saturated carbocycles. The number of epoxide rings is 2. The van der Waals surface area contributed by atoms with E-state index in [2.05, 4.69) is 6.92 Å². The lowest BCUT2D eigenvalue weighted by Gasteiger charge is -2.05. The molecule has 0 amide bonds. The van der Waals surface area contributed by atoms with Gasteiger partial charge in [-0.05, 0) is 19.3 Å². The summed E-state index contributed by atoms with van der Waals surface area (Å²) in [5.74, 6) is -0.155. The molecular weight excluding hydrogens is 360 g/mol. The van der Waals surface area contributed by atoms with Crippen LogP contribution in [0.5, 0.6) is 0 Å². The number of carbonyl (C=O) groups is 1. The highest BCUT2D eigenvalue weighted by molar-refractivity contribution is 5.69. The minimum absolute atomic E-state index is 0.00397. The molecule has 0 aromatic rings. The summed E-state index contributed by atoms with van der Waals surface area (Å²) in [4.78, 5) is 11.5. The fraction of sp³-hybridized carbons (Fsp3) is 0.955. The van der Waals surface area contributed by atoms with Gasteiger partial charge in [-0.1, -0.05) is 51.9 Å². The van der Waals surface area contributed by atoms with Crippen molar-refractivity contribution in [2.45, 2.75) is 108 Å². The topological polar surface area (TPSA) is 80.8 Å². The van der Waals surface area contributed by atoms with Gasteiger partial charge in [0.05, 0.1) is 44.2 Å². The summed E-state index contributed by atoms with van der Waals surface area (Å²) in [6, 6.07) is 0. The van der Waals surface area contributed by atoms with E-state index in [1.165, 1.54) is 38.5 Å². The van der Waals surface area contributed by atoms with Crippen molar-refractivity contribution >= 4 is 5.97 Å². The largest absolute Gasteiger partial charge is 0.463 e. The number of rotatable bonds is 19. The van der Waals surface area contributed by atoms with Crippen LogP contribution in [-0.4, -0.2) is 61.9 Å². The van der Waals surface area contributed by atoms with Crippen molar-refractivity contribution < 1.29 is 28.8 Å². The highest BCUT2D eigenvalue weighted by Crippen LogP contribution is 2.39. The van der Waals surface area contributed by atoms with Crippen molar-refractivity contribution in [2.24, 2.45) is 0 Å². The molecule has 2 fully saturated rings. The summed E-state index contributed by atoms with van der Waals surface area (Å²) < 4.78 is 21.7. The Morgan fingerprint density at radius 1 is 0.821 bits per heavy atom. The molecule has 2 saturated heterocycles. The van der Waals surface area contributed by atoms with Crippen molar-refractivity contribution in [1.82, 2.24) is 0 Å². The van der Waals surface area contributed by atoms with Gasteiger partial charge in [-0.2, -0.15) is 0 Å². The zero-order valence-electron chi connectivity index (χ0n) is 17.6. The van der Waals surface area contributed by atoms with Crippen LogP contribution in [0.1, 0.15) is 84.0 Å².